The van der Waals surface area contributed by atoms with Crippen molar-refractivity contribution in [1.29, 1.82) is 0 Å². The van der Waals surface area contributed by atoms with Crippen LogP contribution in [0.2, 0.25) is 0 Å². The van der Waals surface area contributed by atoms with Crippen molar-refractivity contribution >= 4 is 16.9 Å². The number of carbonyl (C=O) groups excluding carboxylic acids is 1. The molecular formula is C24H28N4O4. The van der Waals surface area contributed by atoms with Crippen LogP contribution < -0.4 is 19.5 Å². The molecule has 3 aromatic rings. The van der Waals surface area contributed by atoms with Crippen LogP contribution in [0.1, 0.15) is 38.1 Å². The molecular weight excluding hydrogens is 408 g/mol. The first kappa shape index (κ1) is 20.6. The Labute approximate surface area is 186 Å². The molecule has 32 heavy (non-hydrogen) atoms. The number of aromatic nitrogens is 3. The van der Waals surface area contributed by atoms with Crippen molar-refractivity contribution in [3.05, 3.63) is 30.1 Å². The van der Waals surface area contributed by atoms with Gasteiger partial charge < -0.3 is 24.1 Å². The molecule has 2 aliphatic rings. The Morgan fingerprint density at radius 2 is 1.91 bits per heavy atom. The molecule has 168 valence electrons. The number of imidazole rings is 1. The van der Waals surface area contributed by atoms with E-state index in [1.807, 2.05) is 38.1 Å². The van der Waals surface area contributed by atoms with Gasteiger partial charge in [-0.3, -0.25) is 4.79 Å². The van der Waals surface area contributed by atoms with Crippen LogP contribution >= 0.6 is 0 Å². The number of pyridine rings is 1. The van der Waals surface area contributed by atoms with Crippen molar-refractivity contribution in [3.8, 4) is 28.6 Å². The minimum absolute atomic E-state index is 0.0708. The predicted octanol–water partition coefficient (Wildman–Crippen LogP) is 3.66. The molecule has 1 aromatic carbocycles. The molecule has 1 N–H and O–H groups in total. The Morgan fingerprint density at radius 1 is 1.12 bits per heavy atom. The minimum Gasteiger partial charge on any atom is -0.493 e. The Balaban J connectivity index is 1.60. The van der Waals surface area contributed by atoms with Crippen molar-refractivity contribution in [3.63, 3.8) is 0 Å². The van der Waals surface area contributed by atoms with Gasteiger partial charge in [-0.05, 0) is 51.0 Å². The number of aryl methyl sites for hydroxylation is 1. The number of fused-ring (bicyclic) bond motifs is 1. The van der Waals surface area contributed by atoms with Gasteiger partial charge in [-0.2, -0.15) is 0 Å². The third kappa shape index (κ3) is 3.63. The third-order valence-corrected chi connectivity index (χ3v) is 6.37. The fourth-order valence-electron chi connectivity index (χ4n) is 4.44. The number of benzene rings is 1. The molecule has 2 atom stereocenters. The average Bonchev–Trinajstić information content (AvgIpc) is 3.43. The van der Waals surface area contributed by atoms with Gasteiger partial charge in [0.2, 0.25) is 11.8 Å². The van der Waals surface area contributed by atoms with Gasteiger partial charge in [-0.25, -0.2) is 9.97 Å². The maximum absolute atomic E-state index is 11.7. The van der Waals surface area contributed by atoms with Crippen molar-refractivity contribution in [2.75, 3.05) is 20.8 Å². The molecule has 1 aliphatic carbocycles. The van der Waals surface area contributed by atoms with Crippen molar-refractivity contribution in [1.82, 2.24) is 19.9 Å². The topological polar surface area (TPSA) is 87.5 Å². The van der Waals surface area contributed by atoms with Crippen molar-refractivity contribution in [2.24, 2.45) is 5.92 Å². The van der Waals surface area contributed by atoms with E-state index in [9.17, 15) is 4.79 Å². The third-order valence-electron chi connectivity index (χ3n) is 6.37. The molecule has 0 bridgehead atoms. The van der Waals surface area contributed by atoms with Gasteiger partial charge in [0, 0.05) is 30.5 Å². The normalized spacial score (nSPS) is 19.1. The fraction of sp³-hybridized carbons (Fsp3) is 0.458. The van der Waals surface area contributed by atoms with Gasteiger partial charge in [0.25, 0.3) is 0 Å². The van der Waals surface area contributed by atoms with E-state index in [0.717, 1.165) is 41.0 Å². The van der Waals surface area contributed by atoms with Crippen LogP contribution in [-0.2, 0) is 4.79 Å². The summed E-state index contributed by atoms with van der Waals surface area (Å²) < 4.78 is 19.5. The summed E-state index contributed by atoms with van der Waals surface area (Å²) in [5, 5.41) is 2.90. The number of amides is 1. The summed E-state index contributed by atoms with van der Waals surface area (Å²) in [7, 11) is 3.23. The second-order valence-corrected chi connectivity index (χ2v) is 8.60. The Kier molecular flexibility index (Phi) is 5.15. The van der Waals surface area contributed by atoms with E-state index in [2.05, 4.69) is 9.88 Å². The molecule has 1 saturated carbocycles. The SMILES string of the molecule is COc1ccc(-c2cc3nc(C)n(C4CC4)c3c(OC(C)[C@H]3CNC(=O)C3)n2)cc1OC. The zero-order chi connectivity index (χ0) is 22.4. The van der Waals surface area contributed by atoms with Gasteiger partial charge >= 0.3 is 0 Å². The summed E-state index contributed by atoms with van der Waals surface area (Å²) in [5.74, 6) is 3.01. The zero-order valence-corrected chi connectivity index (χ0v) is 18.8. The Hall–Kier alpha value is -3.29. The lowest BCUT2D eigenvalue weighted by Gasteiger charge is -2.20. The molecule has 0 radical (unpaired) electrons. The second-order valence-electron chi connectivity index (χ2n) is 8.60. The highest BCUT2D eigenvalue weighted by molar-refractivity contribution is 5.86. The van der Waals surface area contributed by atoms with E-state index < -0.39 is 0 Å². The lowest BCUT2D eigenvalue weighted by Crippen LogP contribution is -2.26. The standard InChI is InChI=1S/C24H28N4O4/c1-13(16-10-22(29)25-12-16)32-24-23-19(26-14(2)28(23)17-6-7-17)11-18(27-24)15-5-8-20(30-3)21(9-15)31-4/h5,8-9,11,13,16-17H,6-7,10,12H2,1-4H3,(H,25,29)/t13?,16-/m1/s1. The molecule has 8 nitrogen and oxygen atoms in total. The summed E-state index contributed by atoms with van der Waals surface area (Å²) in [6.45, 7) is 4.66. The van der Waals surface area contributed by atoms with Gasteiger partial charge in [0.1, 0.15) is 17.4 Å². The largest absolute Gasteiger partial charge is 0.493 e. The van der Waals surface area contributed by atoms with Crippen LogP contribution in [-0.4, -0.2) is 47.3 Å². The van der Waals surface area contributed by atoms with Crippen molar-refractivity contribution in [2.45, 2.75) is 45.3 Å². The van der Waals surface area contributed by atoms with Crippen LogP contribution in [0, 0.1) is 12.8 Å². The molecule has 2 fully saturated rings. The maximum Gasteiger partial charge on any atom is 0.241 e. The molecule has 0 spiro atoms. The first-order valence-corrected chi connectivity index (χ1v) is 11.0. The summed E-state index contributed by atoms with van der Waals surface area (Å²) in [4.78, 5) is 21.5. The first-order chi connectivity index (χ1) is 15.5. The Morgan fingerprint density at radius 3 is 2.56 bits per heavy atom. The molecule has 2 aromatic heterocycles. The average molecular weight is 437 g/mol. The fourth-order valence-corrected chi connectivity index (χ4v) is 4.44. The van der Waals surface area contributed by atoms with Crippen LogP contribution in [0.5, 0.6) is 17.4 Å². The Bertz CT molecular complexity index is 1180. The second kappa shape index (κ2) is 8.00. The summed E-state index contributed by atoms with van der Waals surface area (Å²) >= 11 is 0. The number of carbonyl (C=O) groups is 1. The summed E-state index contributed by atoms with van der Waals surface area (Å²) in [6, 6.07) is 8.17. The molecule has 3 heterocycles. The monoisotopic (exact) mass is 436 g/mol. The molecule has 5 rings (SSSR count). The summed E-state index contributed by atoms with van der Waals surface area (Å²) in [6.07, 6.45) is 2.59. The lowest BCUT2D eigenvalue weighted by atomic mass is 10.0. The van der Waals surface area contributed by atoms with E-state index in [-0.39, 0.29) is 17.9 Å². The van der Waals surface area contributed by atoms with E-state index in [1.54, 1.807) is 14.2 Å². The van der Waals surface area contributed by atoms with Gasteiger partial charge in [0.15, 0.2) is 11.5 Å². The van der Waals surface area contributed by atoms with E-state index in [0.29, 0.717) is 36.4 Å². The van der Waals surface area contributed by atoms with Crippen molar-refractivity contribution < 1.29 is 19.0 Å². The molecule has 8 heteroatoms. The quantitative estimate of drug-likeness (QED) is 0.608. The van der Waals surface area contributed by atoms with Crippen LogP contribution in [0.15, 0.2) is 24.3 Å². The predicted molar refractivity (Wildman–Crippen MR) is 120 cm³/mol. The maximum atomic E-state index is 11.7. The number of nitrogens with one attached hydrogen (secondary N) is 1. The number of hydrogen-bond donors (Lipinski definition) is 1. The number of ether oxygens (including phenoxy) is 3. The molecule has 1 aliphatic heterocycles. The number of methoxy groups -OCH3 is 2. The van der Waals surface area contributed by atoms with E-state index in [4.69, 9.17) is 24.2 Å². The highest BCUT2D eigenvalue weighted by Crippen LogP contribution is 2.42. The highest BCUT2D eigenvalue weighted by Gasteiger charge is 2.32. The van der Waals surface area contributed by atoms with Gasteiger partial charge in [-0.15, -0.1) is 0 Å². The molecule has 1 amide bonds. The number of hydrogen-bond acceptors (Lipinski definition) is 6. The smallest absolute Gasteiger partial charge is 0.241 e. The zero-order valence-electron chi connectivity index (χ0n) is 18.8. The van der Waals surface area contributed by atoms with E-state index in [1.165, 1.54) is 0 Å². The van der Waals surface area contributed by atoms with Crippen LogP contribution in [0.4, 0.5) is 0 Å². The lowest BCUT2D eigenvalue weighted by molar-refractivity contribution is -0.119. The number of nitrogens with zero attached hydrogens (tertiary/aromatic N) is 3. The molecule has 1 unspecified atom stereocenters. The highest BCUT2D eigenvalue weighted by atomic mass is 16.5. The van der Waals surface area contributed by atoms with Gasteiger partial charge in [0.05, 0.1) is 25.4 Å². The molecule has 1 saturated heterocycles. The minimum atomic E-state index is -0.159. The van der Waals surface area contributed by atoms with Gasteiger partial charge in [-0.1, -0.05) is 0 Å². The number of rotatable bonds is 7. The first-order valence-electron chi connectivity index (χ1n) is 11.0. The van der Waals surface area contributed by atoms with Crippen LogP contribution in [0.3, 0.4) is 0 Å². The summed E-state index contributed by atoms with van der Waals surface area (Å²) in [5.41, 5.74) is 3.43. The van der Waals surface area contributed by atoms with E-state index >= 15 is 0 Å². The van der Waals surface area contributed by atoms with Crippen LogP contribution in [0.25, 0.3) is 22.3 Å².